The maximum absolute atomic E-state index is 12.8. The van der Waals surface area contributed by atoms with E-state index < -0.39 is 27.8 Å². The van der Waals surface area contributed by atoms with Crippen molar-refractivity contribution in [2.75, 3.05) is 4.90 Å². The number of alkyl halides is 3. The highest BCUT2D eigenvalue weighted by molar-refractivity contribution is 7.89. The predicted octanol–water partition coefficient (Wildman–Crippen LogP) is 2.57. The molecular formula is C14H12F3N3O3S. The molecule has 0 fully saturated rings. The normalized spacial score (nSPS) is 12.0. The molecule has 0 unspecified atom stereocenters. The van der Waals surface area contributed by atoms with Crippen molar-refractivity contribution < 1.29 is 26.4 Å². The van der Waals surface area contributed by atoms with Crippen molar-refractivity contribution in [3.8, 4) is 0 Å². The molecule has 24 heavy (non-hydrogen) atoms. The molecule has 2 rings (SSSR count). The maximum Gasteiger partial charge on any atom is 0.416 e. The highest BCUT2D eigenvalue weighted by Gasteiger charge is 2.31. The maximum atomic E-state index is 12.8. The third-order valence-corrected chi connectivity index (χ3v) is 3.97. The number of benzene rings is 2. The summed E-state index contributed by atoms with van der Waals surface area (Å²) in [5.74, 6) is 0. The monoisotopic (exact) mass is 359 g/mol. The third kappa shape index (κ3) is 3.84. The fourth-order valence-electron chi connectivity index (χ4n) is 2.02. The summed E-state index contributed by atoms with van der Waals surface area (Å²) in [7, 11) is -4.06. The van der Waals surface area contributed by atoms with Gasteiger partial charge in [0.05, 0.1) is 21.8 Å². The summed E-state index contributed by atoms with van der Waals surface area (Å²) in [6.07, 6.45) is -4.61. The zero-order valence-corrected chi connectivity index (χ0v) is 12.8. The number of hydrogen-bond acceptors (Lipinski definition) is 3. The first-order valence-electron chi connectivity index (χ1n) is 6.40. The van der Waals surface area contributed by atoms with E-state index in [1.54, 1.807) is 0 Å². The van der Waals surface area contributed by atoms with Crippen molar-refractivity contribution in [2.45, 2.75) is 11.1 Å². The van der Waals surface area contributed by atoms with Gasteiger partial charge >= 0.3 is 12.2 Å². The van der Waals surface area contributed by atoms with Gasteiger partial charge in [0.15, 0.2) is 0 Å². The van der Waals surface area contributed by atoms with Crippen molar-refractivity contribution in [3.05, 3.63) is 54.1 Å². The minimum atomic E-state index is -4.61. The Morgan fingerprint density at radius 2 is 1.54 bits per heavy atom. The van der Waals surface area contributed by atoms with Crippen molar-refractivity contribution in [2.24, 2.45) is 10.9 Å². The number of anilines is 2. The first kappa shape index (κ1) is 17.8. The summed E-state index contributed by atoms with van der Waals surface area (Å²) in [4.78, 5) is 12.2. The standard InChI is InChI=1S/C14H12F3N3O3S/c15-14(16,17)9-3-1-4-10(7-9)20(13(18)21)11-5-2-6-12(8-11)24(19,22)23/h1-8H,(H2,18,21)(H2,19,22,23). The molecule has 0 aliphatic rings. The highest BCUT2D eigenvalue weighted by atomic mass is 32.2. The smallest absolute Gasteiger partial charge is 0.351 e. The lowest BCUT2D eigenvalue weighted by Crippen LogP contribution is -2.31. The van der Waals surface area contributed by atoms with Gasteiger partial charge in [-0.05, 0) is 36.4 Å². The molecule has 0 saturated carbocycles. The molecule has 0 aromatic heterocycles. The number of nitrogens with zero attached hydrogens (tertiary/aromatic N) is 1. The largest absolute Gasteiger partial charge is 0.416 e. The van der Waals surface area contributed by atoms with Crippen LogP contribution in [-0.2, 0) is 16.2 Å². The second-order valence-electron chi connectivity index (χ2n) is 4.76. The summed E-state index contributed by atoms with van der Waals surface area (Å²) in [5, 5.41) is 5.01. The van der Waals surface area contributed by atoms with Crippen LogP contribution in [0.25, 0.3) is 0 Å². The van der Waals surface area contributed by atoms with Crippen LogP contribution in [0.4, 0.5) is 29.3 Å². The molecule has 10 heteroatoms. The SMILES string of the molecule is NC(=O)N(c1cccc(C(F)(F)F)c1)c1cccc(S(N)(=O)=O)c1. The highest BCUT2D eigenvalue weighted by Crippen LogP contribution is 2.34. The van der Waals surface area contributed by atoms with Crippen LogP contribution in [0.3, 0.4) is 0 Å². The van der Waals surface area contributed by atoms with Crippen LogP contribution in [0.5, 0.6) is 0 Å². The van der Waals surface area contributed by atoms with E-state index in [-0.39, 0.29) is 16.3 Å². The molecule has 128 valence electrons. The summed E-state index contributed by atoms with van der Waals surface area (Å²) in [5.41, 5.74) is 4.07. The van der Waals surface area contributed by atoms with Crippen LogP contribution in [-0.4, -0.2) is 14.4 Å². The molecule has 2 aromatic rings. The second kappa shape index (κ2) is 6.13. The molecule has 2 amide bonds. The number of rotatable bonds is 3. The van der Waals surface area contributed by atoms with Crippen molar-refractivity contribution >= 4 is 27.4 Å². The minimum Gasteiger partial charge on any atom is -0.351 e. The molecule has 0 bridgehead atoms. The Bertz CT molecular complexity index is 882. The van der Waals surface area contributed by atoms with Crippen molar-refractivity contribution in [1.82, 2.24) is 0 Å². The summed E-state index contributed by atoms with van der Waals surface area (Å²) >= 11 is 0. The Balaban J connectivity index is 2.58. The first-order chi connectivity index (χ1) is 11.0. The van der Waals surface area contributed by atoms with Gasteiger partial charge in [-0.25, -0.2) is 18.4 Å². The fourth-order valence-corrected chi connectivity index (χ4v) is 2.58. The topological polar surface area (TPSA) is 106 Å². The molecule has 0 aliphatic heterocycles. The van der Waals surface area contributed by atoms with Crippen LogP contribution in [0.1, 0.15) is 5.56 Å². The lowest BCUT2D eigenvalue weighted by Gasteiger charge is -2.22. The Kier molecular flexibility index (Phi) is 4.54. The summed E-state index contributed by atoms with van der Waals surface area (Å²) in [6.45, 7) is 0. The molecule has 0 heterocycles. The number of primary amides is 1. The number of carbonyl (C=O) groups excluding carboxylic acids is 1. The molecule has 4 N–H and O–H groups in total. The molecule has 0 atom stereocenters. The van der Waals surface area contributed by atoms with Gasteiger partial charge in [0.25, 0.3) is 0 Å². The van der Waals surface area contributed by atoms with E-state index in [1.807, 2.05) is 0 Å². The molecule has 2 aromatic carbocycles. The van der Waals surface area contributed by atoms with Gasteiger partial charge in [0, 0.05) is 0 Å². The average Bonchev–Trinajstić information content (AvgIpc) is 2.46. The van der Waals surface area contributed by atoms with Gasteiger partial charge in [0.1, 0.15) is 0 Å². The van der Waals surface area contributed by atoms with Crippen LogP contribution in [0, 0.1) is 0 Å². The summed E-state index contributed by atoms with van der Waals surface area (Å²) in [6, 6.07) is 7.67. The van der Waals surface area contributed by atoms with E-state index >= 15 is 0 Å². The zero-order valence-electron chi connectivity index (χ0n) is 12.0. The lowest BCUT2D eigenvalue weighted by atomic mass is 10.1. The number of hydrogen-bond donors (Lipinski definition) is 2. The van der Waals surface area contributed by atoms with E-state index in [0.29, 0.717) is 0 Å². The number of halogens is 3. The van der Waals surface area contributed by atoms with Crippen LogP contribution in [0.15, 0.2) is 53.4 Å². The van der Waals surface area contributed by atoms with E-state index in [0.717, 1.165) is 29.2 Å². The Morgan fingerprint density at radius 1 is 1.00 bits per heavy atom. The van der Waals surface area contributed by atoms with E-state index in [9.17, 15) is 26.4 Å². The number of sulfonamides is 1. The van der Waals surface area contributed by atoms with Crippen LogP contribution < -0.4 is 15.8 Å². The molecule has 0 spiro atoms. The quantitative estimate of drug-likeness (QED) is 0.879. The summed E-state index contributed by atoms with van der Waals surface area (Å²) < 4.78 is 61.3. The lowest BCUT2D eigenvalue weighted by molar-refractivity contribution is -0.137. The van der Waals surface area contributed by atoms with Crippen molar-refractivity contribution in [3.63, 3.8) is 0 Å². The third-order valence-electron chi connectivity index (χ3n) is 3.06. The Hall–Kier alpha value is -2.59. The van der Waals surface area contributed by atoms with E-state index in [2.05, 4.69) is 0 Å². The second-order valence-corrected chi connectivity index (χ2v) is 6.33. The Morgan fingerprint density at radius 3 is 2.04 bits per heavy atom. The van der Waals surface area contributed by atoms with Crippen LogP contribution >= 0.6 is 0 Å². The zero-order chi connectivity index (χ0) is 18.1. The molecular weight excluding hydrogens is 347 g/mol. The van der Waals surface area contributed by atoms with Gasteiger partial charge in [-0.3, -0.25) is 4.90 Å². The minimum absolute atomic E-state index is 0.0339. The van der Waals surface area contributed by atoms with Crippen molar-refractivity contribution in [1.29, 1.82) is 0 Å². The first-order valence-corrected chi connectivity index (χ1v) is 7.94. The van der Waals surface area contributed by atoms with Gasteiger partial charge in [0.2, 0.25) is 10.0 Å². The van der Waals surface area contributed by atoms with Crippen LogP contribution in [0.2, 0.25) is 0 Å². The molecule has 6 nitrogen and oxygen atoms in total. The number of primary sulfonamides is 1. The average molecular weight is 359 g/mol. The van der Waals surface area contributed by atoms with E-state index in [4.69, 9.17) is 10.9 Å². The predicted molar refractivity (Wildman–Crippen MR) is 81.0 cm³/mol. The van der Waals surface area contributed by atoms with Gasteiger partial charge in [-0.1, -0.05) is 12.1 Å². The molecule has 0 aliphatic carbocycles. The number of nitrogens with two attached hydrogens (primary N) is 2. The fraction of sp³-hybridized carbons (Fsp3) is 0.0714. The molecule has 0 saturated heterocycles. The number of amides is 2. The van der Waals surface area contributed by atoms with Gasteiger partial charge in [-0.2, -0.15) is 13.2 Å². The van der Waals surface area contributed by atoms with E-state index in [1.165, 1.54) is 24.3 Å². The molecule has 0 radical (unpaired) electrons. The number of carbonyl (C=O) groups is 1. The van der Waals surface area contributed by atoms with Gasteiger partial charge in [-0.15, -0.1) is 0 Å². The number of urea groups is 1. The Labute approximate surface area is 135 Å². The van der Waals surface area contributed by atoms with Gasteiger partial charge < -0.3 is 5.73 Å².